The Morgan fingerprint density at radius 2 is 1.95 bits per heavy atom. The monoisotopic (exact) mass is 334 g/mol. The highest BCUT2D eigenvalue weighted by atomic mass is 79.9. The van der Waals surface area contributed by atoms with Crippen LogP contribution in [0.3, 0.4) is 0 Å². The minimum absolute atomic E-state index is 0.322. The molecular weight excluding hydrogens is 320 g/mol. The Bertz CT molecular complexity index is 593. The third kappa shape index (κ3) is 4.10. The first-order valence-corrected chi connectivity index (χ1v) is 7.04. The predicted octanol–water partition coefficient (Wildman–Crippen LogP) is 3.83. The first-order valence-electron chi connectivity index (χ1n) is 6.25. The van der Waals surface area contributed by atoms with E-state index in [1.54, 1.807) is 12.1 Å². The number of carboxylic acid groups (broad SMARTS) is 1. The number of ether oxygens (including phenoxy) is 1. The van der Waals surface area contributed by atoms with Crippen LogP contribution >= 0.6 is 15.9 Å². The van der Waals surface area contributed by atoms with Crippen molar-refractivity contribution < 1.29 is 14.6 Å². The van der Waals surface area contributed by atoms with Gasteiger partial charge in [0, 0.05) is 10.9 Å². The van der Waals surface area contributed by atoms with Crippen LogP contribution in [0.25, 0.3) is 0 Å². The molecule has 3 nitrogen and oxygen atoms in total. The van der Waals surface area contributed by atoms with Gasteiger partial charge in [0.05, 0.1) is 0 Å². The average Bonchev–Trinajstić information content (AvgIpc) is 2.40. The normalized spacial score (nSPS) is 11.9. The van der Waals surface area contributed by atoms with Crippen LogP contribution in [0.5, 0.6) is 5.75 Å². The van der Waals surface area contributed by atoms with Crippen LogP contribution in [0, 0.1) is 6.92 Å². The van der Waals surface area contributed by atoms with Crippen LogP contribution in [0.1, 0.15) is 11.1 Å². The van der Waals surface area contributed by atoms with Gasteiger partial charge in [0.15, 0.2) is 6.10 Å². The van der Waals surface area contributed by atoms with E-state index in [4.69, 9.17) is 4.74 Å². The standard InChI is InChI=1S/C16H15BrO3/c1-11-5-7-14(8-6-11)20-15(16(18)19)10-12-3-2-4-13(17)9-12/h2-9,15H,10H2,1H3,(H,18,19)/t15-/m1/s1. The van der Waals surface area contributed by atoms with Crippen LogP contribution in [0.4, 0.5) is 0 Å². The van der Waals surface area contributed by atoms with Crippen molar-refractivity contribution in [2.24, 2.45) is 0 Å². The molecule has 0 saturated carbocycles. The average molecular weight is 335 g/mol. The van der Waals surface area contributed by atoms with Crippen molar-refractivity contribution in [1.82, 2.24) is 0 Å². The Labute approximate surface area is 126 Å². The van der Waals surface area contributed by atoms with E-state index in [1.807, 2.05) is 43.3 Å². The fourth-order valence-electron chi connectivity index (χ4n) is 1.84. The Morgan fingerprint density at radius 1 is 1.25 bits per heavy atom. The second-order valence-corrected chi connectivity index (χ2v) is 5.51. The van der Waals surface area contributed by atoms with E-state index in [0.29, 0.717) is 12.2 Å². The lowest BCUT2D eigenvalue weighted by molar-refractivity contribution is -0.145. The van der Waals surface area contributed by atoms with E-state index in [-0.39, 0.29) is 0 Å². The molecule has 1 N–H and O–H groups in total. The van der Waals surface area contributed by atoms with Gasteiger partial charge >= 0.3 is 5.97 Å². The maximum absolute atomic E-state index is 11.3. The lowest BCUT2D eigenvalue weighted by Gasteiger charge is -2.15. The molecule has 0 fully saturated rings. The number of hydrogen-bond acceptors (Lipinski definition) is 2. The molecule has 20 heavy (non-hydrogen) atoms. The summed E-state index contributed by atoms with van der Waals surface area (Å²) in [5.41, 5.74) is 2.02. The highest BCUT2D eigenvalue weighted by Gasteiger charge is 2.20. The van der Waals surface area contributed by atoms with E-state index in [0.717, 1.165) is 15.6 Å². The number of rotatable bonds is 5. The summed E-state index contributed by atoms with van der Waals surface area (Å²) in [5.74, 6) is -0.399. The van der Waals surface area contributed by atoms with Crippen LogP contribution in [0.2, 0.25) is 0 Å². The topological polar surface area (TPSA) is 46.5 Å². The minimum atomic E-state index is -0.967. The fourth-order valence-corrected chi connectivity index (χ4v) is 2.29. The van der Waals surface area contributed by atoms with Gasteiger partial charge in [-0.15, -0.1) is 0 Å². The van der Waals surface area contributed by atoms with Crippen molar-refractivity contribution in [3.63, 3.8) is 0 Å². The lowest BCUT2D eigenvalue weighted by atomic mass is 10.1. The summed E-state index contributed by atoms with van der Waals surface area (Å²) in [5, 5.41) is 9.28. The highest BCUT2D eigenvalue weighted by Crippen LogP contribution is 2.18. The Hall–Kier alpha value is -1.81. The number of halogens is 1. The molecule has 0 unspecified atom stereocenters. The Kier molecular flexibility index (Phi) is 4.79. The molecular formula is C16H15BrO3. The summed E-state index contributed by atoms with van der Waals surface area (Å²) in [6.45, 7) is 1.97. The Morgan fingerprint density at radius 3 is 2.55 bits per heavy atom. The summed E-state index contributed by atoms with van der Waals surface area (Å²) in [6, 6.07) is 14.9. The van der Waals surface area contributed by atoms with Gasteiger partial charge in [-0.2, -0.15) is 0 Å². The molecule has 0 aliphatic rings. The molecule has 0 aliphatic heterocycles. The molecule has 2 aromatic rings. The van der Waals surface area contributed by atoms with Gasteiger partial charge in [0.2, 0.25) is 0 Å². The second-order valence-electron chi connectivity index (χ2n) is 4.59. The maximum Gasteiger partial charge on any atom is 0.345 e. The number of hydrogen-bond donors (Lipinski definition) is 1. The van der Waals surface area contributed by atoms with Gasteiger partial charge in [-0.05, 0) is 36.8 Å². The minimum Gasteiger partial charge on any atom is -0.478 e. The number of aliphatic carboxylic acids is 1. The predicted molar refractivity (Wildman–Crippen MR) is 81.1 cm³/mol. The van der Waals surface area contributed by atoms with E-state index in [9.17, 15) is 9.90 Å². The number of benzene rings is 2. The number of carboxylic acids is 1. The van der Waals surface area contributed by atoms with Crippen molar-refractivity contribution in [3.8, 4) is 5.75 Å². The molecule has 0 heterocycles. The smallest absolute Gasteiger partial charge is 0.345 e. The van der Waals surface area contributed by atoms with Crippen LogP contribution in [0.15, 0.2) is 53.0 Å². The maximum atomic E-state index is 11.3. The molecule has 4 heteroatoms. The van der Waals surface area contributed by atoms with Gasteiger partial charge in [-0.1, -0.05) is 45.8 Å². The van der Waals surface area contributed by atoms with Gasteiger partial charge in [0.1, 0.15) is 5.75 Å². The summed E-state index contributed by atoms with van der Waals surface area (Å²) < 4.78 is 6.49. The van der Waals surface area contributed by atoms with Gasteiger partial charge in [0.25, 0.3) is 0 Å². The zero-order chi connectivity index (χ0) is 14.5. The quantitative estimate of drug-likeness (QED) is 0.903. The first kappa shape index (κ1) is 14.6. The molecule has 0 spiro atoms. The van der Waals surface area contributed by atoms with Crippen molar-refractivity contribution in [1.29, 1.82) is 0 Å². The largest absolute Gasteiger partial charge is 0.478 e. The van der Waals surface area contributed by atoms with Gasteiger partial charge < -0.3 is 9.84 Å². The Balaban J connectivity index is 2.11. The molecule has 104 valence electrons. The summed E-state index contributed by atoms with van der Waals surface area (Å²) in [7, 11) is 0. The molecule has 0 radical (unpaired) electrons. The molecule has 2 aromatic carbocycles. The van der Waals surface area contributed by atoms with Crippen molar-refractivity contribution >= 4 is 21.9 Å². The molecule has 0 aliphatic carbocycles. The van der Waals surface area contributed by atoms with Crippen LogP contribution in [-0.2, 0) is 11.2 Å². The van der Waals surface area contributed by atoms with Crippen molar-refractivity contribution in [2.45, 2.75) is 19.4 Å². The van der Waals surface area contributed by atoms with E-state index < -0.39 is 12.1 Å². The SMILES string of the molecule is Cc1ccc(O[C@H](Cc2cccc(Br)c2)C(=O)O)cc1. The molecule has 0 bridgehead atoms. The van der Waals surface area contributed by atoms with E-state index in [2.05, 4.69) is 15.9 Å². The summed E-state index contributed by atoms with van der Waals surface area (Å²) in [6.07, 6.45) is -0.574. The van der Waals surface area contributed by atoms with Crippen LogP contribution in [-0.4, -0.2) is 17.2 Å². The zero-order valence-electron chi connectivity index (χ0n) is 11.0. The number of aryl methyl sites for hydroxylation is 1. The lowest BCUT2D eigenvalue weighted by Crippen LogP contribution is -2.29. The zero-order valence-corrected chi connectivity index (χ0v) is 12.6. The van der Waals surface area contributed by atoms with Gasteiger partial charge in [-0.3, -0.25) is 0 Å². The molecule has 0 saturated heterocycles. The van der Waals surface area contributed by atoms with E-state index in [1.165, 1.54) is 0 Å². The molecule has 0 aromatic heterocycles. The molecule has 1 atom stereocenters. The highest BCUT2D eigenvalue weighted by molar-refractivity contribution is 9.10. The molecule has 2 rings (SSSR count). The van der Waals surface area contributed by atoms with Gasteiger partial charge in [-0.25, -0.2) is 4.79 Å². The third-order valence-electron chi connectivity index (χ3n) is 2.88. The van der Waals surface area contributed by atoms with E-state index >= 15 is 0 Å². The summed E-state index contributed by atoms with van der Waals surface area (Å²) in [4.78, 5) is 11.3. The fraction of sp³-hybridized carbons (Fsp3) is 0.188. The summed E-state index contributed by atoms with van der Waals surface area (Å²) >= 11 is 3.38. The van der Waals surface area contributed by atoms with Crippen molar-refractivity contribution in [3.05, 3.63) is 64.1 Å². The number of carbonyl (C=O) groups is 1. The second kappa shape index (κ2) is 6.57. The van der Waals surface area contributed by atoms with Crippen molar-refractivity contribution in [2.75, 3.05) is 0 Å². The third-order valence-corrected chi connectivity index (χ3v) is 3.38. The molecule has 0 amide bonds. The van der Waals surface area contributed by atoms with Crippen LogP contribution < -0.4 is 4.74 Å². The first-order chi connectivity index (χ1) is 9.54.